The minimum atomic E-state index is -0.854. The predicted molar refractivity (Wildman–Crippen MR) is 91.6 cm³/mol. The zero-order chi connectivity index (χ0) is 15.8. The molecule has 0 fully saturated rings. The largest absolute Gasteiger partial charge is 0.478 e. The fourth-order valence-corrected chi connectivity index (χ4v) is 2.34. The van der Waals surface area contributed by atoms with Gasteiger partial charge >= 0.3 is 5.97 Å². The van der Waals surface area contributed by atoms with E-state index in [-0.39, 0.29) is 0 Å². The fourth-order valence-electron chi connectivity index (χ4n) is 2.34. The summed E-state index contributed by atoms with van der Waals surface area (Å²) < 4.78 is 0. The monoisotopic (exact) mass is 294 g/mol. The van der Waals surface area contributed by atoms with Gasteiger partial charge in [-0.2, -0.15) is 0 Å². The number of carboxylic acids is 1. The maximum atomic E-state index is 10.6. The van der Waals surface area contributed by atoms with Crippen molar-refractivity contribution in [3.8, 4) is 0 Å². The number of carboxylic acid groups (broad SMARTS) is 1. The van der Waals surface area contributed by atoms with Crippen LogP contribution < -0.4 is 0 Å². The molecule has 0 aromatic carbocycles. The van der Waals surface area contributed by atoms with Gasteiger partial charge in [0.25, 0.3) is 0 Å². The molecule has 0 unspecified atom stereocenters. The lowest BCUT2D eigenvalue weighted by atomic mass is 10.1. The number of hydrogen-bond acceptors (Lipinski definition) is 1. The lowest BCUT2D eigenvalue weighted by Gasteiger charge is -2.00. The molecule has 0 radical (unpaired) electrons. The maximum Gasteiger partial charge on any atom is 0.330 e. The molecule has 1 N–H and O–H groups in total. The number of carbonyl (C=O) groups is 1. The van der Waals surface area contributed by atoms with Gasteiger partial charge in [0.1, 0.15) is 0 Å². The van der Waals surface area contributed by atoms with Crippen LogP contribution >= 0.6 is 0 Å². The van der Waals surface area contributed by atoms with Crippen LogP contribution in [0, 0.1) is 0 Å². The summed E-state index contributed by atoms with van der Waals surface area (Å²) in [6.07, 6.45) is 20.3. The Bertz CT molecular complexity index is 292. The van der Waals surface area contributed by atoms with Crippen molar-refractivity contribution in [2.75, 3.05) is 0 Å². The molecule has 122 valence electrons. The third kappa shape index (κ3) is 15.2. The summed E-state index contributed by atoms with van der Waals surface area (Å²) in [5.41, 5.74) is 0.342. The SMILES string of the molecule is C=C(CCCCCCC=CCCCCCCCC)C(=O)O. The van der Waals surface area contributed by atoms with E-state index in [0.717, 1.165) is 19.3 Å². The zero-order valence-electron chi connectivity index (χ0n) is 13.9. The molecule has 0 aliphatic rings. The first kappa shape index (κ1) is 19.9. The molecule has 0 bridgehead atoms. The first-order valence-corrected chi connectivity index (χ1v) is 8.74. The van der Waals surface area contributed by atoms with Gasteiger partial charge in [0, 0.05) is 5.57 Å². The summed E-state index contributed by atoms with van der Waals surface area (Å²) in [7, 11) is 0. The lowest BCUT2D eigenvalue weighted by Crippen LogP contribution is -1.98. The minimum Gasteiger partial charge on any atom is -0.478 e. The van der Waals surface area contributed by atoms with Gasteiger partial charge in [-0.15, -0.1) is 0 Å². The van der Waals surface area contributed by atoms with Crippen molar-refractivity contribution in [3.05, 3.63) is 24.3 Å². The van der Waals surface area contributed by atoms with Crippen molar-refractivity contribution in [1.82, 2.24) is 0 Å². The molecule has 0 spiro atoms. The second-order valence-electron chi connectivity index (χ2n) is 5.89. The van der Waals surface area contributed by atoms with Gasteiger partial charge < -0.3 is 5.11 Å². The minimum absolute atomic E-state index is 0.342. The Morgan fingerprint density at radius 1 is 0.857 bits per heavy atom. The van der Waals surface area contributed by atoms with Gasteiger partial charge in [-0.1, -0.05) is 70.6 Å². The average Bonchev–Trinajstić information content (AvgIpc) is 2.47. The maximum absolute atomic E-state index is 10.6. The number of aliphatic carboxylic acids is 1. The molecule has 0 saturated carbocycles. The zero-order valence-corrected chi connectivity index (χ0v) is 13.9. The highest BCUT2D eigenvalue weighted by Crippen LogP contribution is 2.11. The van der Waals surface area contributed by atoms with Gasteiger partial charge in [-0.05, 0) is 38.5 Å². The highest BCUT2D eigenvalue weighted by Gasteiger charge is 2.02. The quantitative estimate of drug-likeness (QED) is 0.219. The highest BCUT2D eigenvalue weighted by atomic mass is 16.4. The average molecular weight is 294 g/mol. The third-order valence-electron chi connectivity index (χ3n) is 3.79. The molecule has 21 heavy (non-hydrogen) atoms. The first-order valence-electron chi connectivity index (χ1n) is 8.74. The molecule has 0 saturated heterocycles. The Morgan fingerprint density at radius 2 is 1.33 bits per heavy atom. The summed E-state index contributed by atoms with van der Waals surface area (Å²) in [5.74, 6) is -0.854. The van der Waals surface area contributed by atoms with Crippen LogP contribution in [0.4, 0.5) is 0 Å². The van der Waals surface area contributed by atoms with Crippen LogP contribution in [0.15, 0.2) is 24.3 Å². The highest BCUT2D eigenvalue weighted by molar-refractivity contribution is 5.85. The Balaban J connectivity index is 3.19. The van der Waals surface area contributed by atoms with E-state index in [1.54, 1.807) is 0 Å². The second-order valence-corrected chi connectivity index (χ2v) is 5.89. The summed E-state index contributed by atoms with van der Waals surface area (Å²) in [4.78, 5) is 10.6. The molecule has 0 aliphatic carbocycles. The van der Waals surface area contributed by atoms with Crippen LogP contribution in [-0.4, -0.2) is 11.1 Å². The molecule has 0 aromatic rings. The summed E-state index contributed by atoms with van der Waals surface area (Å²) in [5, 5.41) is 8.68. The normalized spacial score (nSPS) is 11.1. The van der Waals surface area contributed by atoms with Crippen molar-refractivity contribution in [3.63, 3.8) is 0 Å². The van der Waals surface area contributed by atoms with E-state index in [9.17, 15) is 4.79 Å². The lowest BCUT2D eigenvalue weighted by molar-refractivity contribution is -0.132. The standard InChI is InChI=1S/C19H34O2/c1-3-4-5-6-7-8-9-10-11-12-13-14-15-16-17-18(2)19(20)21/h10-11H,2-9,12-17H2,1H3,(H,20,21). The van der Waals surface area contributed by atoms with Crippen LogP contribution in [0.5, 0.6) is 0 Å². The summed E-state index contributed by atoms with van der Waals surface area (Å²) in [6.45, 7) is 5.80. The molecule has 0 atom stereocenters. The molecule has 2 heteroatoms. The fraction of sp³-hybridized carbons (Fsp3) is 0.737. The molecule has 2 nitrogen and oxygen atoms in total. The van der Waals surface area contributed by atoms with Crippen LogP contribution in [0.25, 0.3) is 0 Å². The van der Waals surface area contributed by atoms with Gasteiger partial charge in [0.15, 0.2) is 0 Å². The van der Waals surface area contributed by atoms with Gasteiger partial charge in [0.05, 0.1) is 0 Å². The molecular weight excluding hydrogens is 260 g/mol. The van der Waals surface area contributed by atoms with Crippen LogP contribution in [0.3, 0.4) is 0 Å². The van der Waals surface area contributed by atoms with E-state index in [1.165, 1.54) is 57.8 Å². The van der Waals surface area contributed by atoms with E-state index in [2.05, 4.69) is 25.7 Å². The van der Waals surface area contributed by atoms with Crippen LogP contribution in [0.2, 0.25) is 0 Å². The Kier molecular flexibility index (Phi) is 14.6. The molecule has 0 heterocycles. The number of hydrogen-bond donors (Lipinski definition) is 1. The molecule has 0 rings (SSSR count). The number of rotatable bonds is 15. The van der Waals surface area contributed by atoms with Crippen molar-refractivity contribution >= 4 is 5.97 Å². The first-order chi connectivity index (χ1) is 10.2. The molecular formula is C19H34O2. The summed E-state index contributed by atoms with van der Waals surface area (Å²) >= 11 is 0. The van der Waals surface area contributed by atoms with Gasteiger partial charge in [0.2, 0.25) is 0 Å². The number of unbranched alkanes of at least 4 members (excludes halogenated alkanes) is 10. The van der Waals surface area contributed by atoms with Crippen molar-refractivity contribution < 1.29 is 9.90 Å². The van der Waals surface area contributed by atoms with Gasteiger partial charge in [-0.25, -0.2) is 4.79 Å². The van der Waals surface area contributed by atoms with E-state index in [0.29, 0.717) is 12.0 Å². The van der Waals surface area contributed by atoms with E-state index >= 15 is 0 Å². The topological polar surface area (TPSA) is 37.3 Å². The van der Waals surface area contributed by atoms with Crippen LogP contribution in [-0.2, 0) is 4.79 Å². The molecule has 0 amide bonds. The van der Waals surface area contributed by atoms with Crippen molar-refractivity contribution in [1.29, 1.82) is 0 Å². The van der Waals surface area contributed by atoms with Gasteiger partial charge in [-0.3, -0.25) is 0 Å². The number of allylic oxidation sites excluding steroid dienone is 2. The third-order valence-corrected chi connectivity index (χ3v) is 3.79. The Morgan fingerprint density at radius 3 is 1.86 bits per heavy atom. The predicted octanol–water partition coefficient (Wildman–Crippen LogP) is 6.27. The van der Waals surface area contributed by atoms with E-state index in [1.807, 2.05) is 0 Å². The molecule has 0 aliphatic heterocycles. The Hall–Kier alpha value is -1.05. The van der Waals surface area contributed by atoms with Crippen molar-refractivity contribution in [2.45, 2.75) is 90.4 Å². The van der Waals surface area contributed by atoms with Crippen LogP contribution in [0.1, 0.15) is 90.4 Å². The van der Waals surface area contributed by atoms with E-state index in [4.69, 9.17) is 5.11 Å². The van der Waals surface area contributed by atoms with Crippen molar-refractivity contribution in [2.24, 2.45) is 0 Å². The Labute approximate surface area is 131 Å². The second kappa shape index (κ2) is 15.3. The summed E-state index contributed by atoms with van der Waals surface area (Å²) in [6, 6.07) is 0. The smallest absolute Gasteiger partial charge is 0.330 e. The van der Waals surface area contributed by atoms with E-state index < -0.39 is 5.97 Å². The molecule has 0 aromatic heterocycles.